The maximum atomic E-state index is 11.6. The largest absolute Gasteiger partial charge is 0.481 e. The lowest BCUT2D eigenvalue weighted by molar-refractivity contribution is -0.137. The number of Topliss-reactive ketones (excluding diaryl/α,β-unsaturated/α-hetero) is 1. The van der Waals surface area contributed by atoms with Crippen LogP contribution in [-0.2, 0) is 16.0 Å². The van der Waals surface area contributed by atoms with Gasteiger partial charge in [-0.25, -0.2) is 4.79 Å². The summed E-state index contributed by atoms with van der Waals surface area (Å²) in [6.45, 7) is 0. The van der Waals surface area contributed by atoms with Gasteiger partial charge in [0.2, 0.25) is 0 Å². The molecule has 0 bridgehead atoms. The summed E-state index contributed by atoms with van der Waals surface area (Å²) in [5.41, 5.74) is 4.27. The average molecular weight is 255 g/mol. The van der Waals surface area contributed by atoms with E-state index in [2.05, 4.69) is 4.98 Å². The van der Waals surface area contributed by atoms with Gasteiger partial charge in [0.05, 0.1) is 6.04 Å². The lowest BCUT2D eigenvalue weighted by atomic mass is 10.0. The van der Waals surface area contributed by atoms with Gasteiger partial charge >= 0.3 is 11.7 Å². The number of aliphatic carboxylic acids is 1. The number of aromatic amines is 2. The summed E-state index contributed by atoms with van der Waals surface area (Å²) in [6.07, 6.45) is 0.695. The van der Waals surface area contributed by atoms with Crippen LogP contribution in [-0.4, -0.2) is 32.9 Å². The van der Waals surface area contributed by atoms with E-state index in [0.717, 1.165) is 6.20 Å². The number of nitrogens with one attached hydrogen (secondary N) is 2. The van der Waals surface area contributed by atoms with Gasteiger partial charge in [-0.15, -0.1) is 0 Å². The lowest BCUT2D eigenvalue weighted by Gasteiger charge is -2.08. The molecule has 1 atom stereocenters. The molecule has 0 saturated carbocycles. The molecule has 18 heavy (non-hydrogen) atoms. The zero-order valence-electron chi connectivity index (χ0n) is 9.43. The molecule has 8 nitrogen and oxygen atoms in total. The Morgan fingerprint density at radius 2 is 2.06 bits per heavy atom. The van der Waals surface area contributed by atoms with Crippen LogP contribution in [0.1, 0.15) is 18.4 Å². The van der Waals surface area contributed by atoms with Gasteiger partial charge in [-0.05, 0) is 6.42 Å². The Morgan fingerprint density at radius 1 is 1.39 bits per heavy atom. The highest BCUT2D eigenvalue weighted by Gasteiger charge is 2.16. The Bertz CT molecular complexity index is 559. The maximum Gasteiger partial charge on any atom is 0.325 e. The van der Waals surface area contributed by atoms with Gasteiger partial charge in [0, 0.05) is 24.6 Å². The Kier molecular flexibility index (Phi) is 4.55. The zero-order chi connectivity index (χ0) is 13.7. The van der Waals surface area contributed by atoms with Crippen molar-refractivity contribution in [2.45, 2.75) is 25.3 Å². The second kappa shape index (κ2) is 5.92. The van der Waals surface area contributed by atoms with Crippen LogP contribution in [0.25, 0.3) is 0 Å². The average Bonchev–Trinajstić information content (AvgIpc) is 2.29. The molecule has 5 N–H and O–H groups in total. The van der Waals surface area contributed by atoms with Crippen LogP contribution in [0.3, 0.4) is 0 Å². The smallest absolute Gasteiger partial charge is 0.325 e. The molecule has 0 aliphatic heterocycles. The van der Waals surface area contributed by atoms with Crippen molar-refractivity contribution >= 4 is 11.8 Å². The van der Waals surface area contributed by atoms with E-state index in [1.807, 2.05) is 4.98 Å². The predicted molar refractivity (Wildman–Crippen MR) is 61.2 cm³/mol. The first-order chi connectivity index (χ1) is 8.40. The Labute approximate surface area is 101 Å². The van der Waals surface area contributed by atoms with Crippen LogP contribution >= 0.6 is 0 Å². The molecule has 0 fully saturated rings. The maximum absolute atomic E-state index is 11.6. The number of rotatable bonds is 6. The second-order valence-electron chi connectivity index (χ2n) is 3.78. The summed E-state index contributed by atoms with van der Waals surface area (Å²) >= 11 is 0. The van der Waals surface area contributed by atoms with E-state index >= 15 is 0 Å². The van der Waals surface area contributed by atoms with Gasteiger partial charge in [0.1, 0.15) is 0 Å². The quantitative estimate of drug-likeness (QED) is 0.479. The minimum atomic E-state index is -1.04. The van der Waals surface area contributed by atoms with Gasteiger partial charge < -0.3 is 15.8 Å². The predicted octanol–water partition coefficient (Wildman–Crippen LogP) is -1.63. The first-order valence-corrected chi connectivity index (χ1v) is 5.21. The molecule has 1 aromatic rings. The Morgan fingerprint density at radius 3 is 2.61 bits per heavy atom. The normalized spacial score (nSPS) is 12.1. The van der Waals surface area contributed by atoms with Crippen molar-refractivity contribution in [2.24, 2.45) is 5.73 Å². The van der Waals surface area contributed by atoms with Crippen molar-refractivity contribution in [1.82, 2.24) is 9.97 Å². The number of nitrogens with two attached hydrogens (primary N) is 1. The number of aromatic nitrogens is 2. The molecule has 98 valence electrons. The molecule has 0 aliphatic rings. The van der Waals surface area contributed by atoms with Crippen molar-refractivity contribution < 1.29 is 14.7 Å². The highest BCUT2D eigenvalue weighted by molar-refractivity contribution is 5.86. The third-order valence-corrected chi connectivity index (χ3v) is 2.34. The highest BCUT2D eigenvalue weighted by Crippen LogP contribution is 2.00. The molecule has 0 aromatic carbocycles. The van der Waals surface area contributed by atoms with Crippen molar-refractivity contribution in [3.05, 3.63) is 32.6 Å². The van der Waals surface area contributed by atoms with Crippen LogP contribution in [0.15, 0.2) is 15.8 Å². The summed E-state index contributed by atoms with van der Waals surface area (Å²) in [6, 6.07) is -0.938. The van der Waals surface area contributed by atoms with E-state index < -0.39 is 29.0 Å². The van der Waals surface area contributed by atoms with Crippen LogP contribution in [0.5, 0.6) is 0 Å². The van der Waals surface area contributed by atoms with Gasteiger partial charge in [-0.2, -0.15) is 0 Å². The summed E-state index contributed by atoms with van der Waals surface area (Å²) in [7, 11) is 0. The van der Waals surface area contributed by atoms with E-state index in [0.29, 0.717) is 0 Å². The fourth-order valence-corrected chi connectivity index (χ4v) is 1.33. The first-order valence-electron chi connectivity index (χ1n) is 5.21. The molecule has 1 aromatic heterocycles. The van der Waals surface area contributed by atoms with E-state index in [-0.39, 0.29) is 24.8 Å². The standard InChI is InChI=1S/C10H13N3O5/c11-6(1-2-8(15)16)7(14)3-5-4-12-10(18)13-9(5)17/h4,6H,1-3,11H2,(H,15,16)(H2,12,13,17,18)/t6-/m0/s1. The summed E-state index contributed by atoms with van der Waals surface area (Å²) in [4.78, 5) is 48.2. The minimum absolute atomic E-state index is 0.00935. The van der Waals surface area contributed by atoms with Crippen molar-refractivity contribution in [1.29, 1.82) is 0 Å². The van der Waals surface area contributed by atoms with E-state index in [4.69, 9.17) is 10.8 Å². The number of carbonyl (C=O) groups excluding carboxylic acids is 1. The summed E-state index contributed by atoms with van der Waals surface area (Å²) in [5.74, 6) is -1.49. The molecule has 1 heterocycles. The minimum Gasteiger partial charge on any atom is -0.481 e. The van der Waals surface area contributed by atoms with E-state index in [1.54, 1.807) is 0 Å². The third kappa shape index (κ3) is 3.98. The molecule has 1 rings (SSSR count). The van der Waals surface area contributed by atoms with Gasteiger partial charge in [0.25, 0.3) is 5.56 Å². The number of H-pyrrole nitrogens is 2. The van der Waals surface area contributed by atoms with Crippen molar-refractivity contribution in [3.8, 4) is 0 Å². The summed E-state index contributed by atoms with van der Waals surface area (Å²) in [5, 5.41) is 8.45. The Hall–Kier alpha value is -2.22. The molecular formula is C10H13N3O5. The number of carbonyl (C=O) groups is 2. The molecule has 0 saturated heterocycles. The van der Waals surface area contributed by atoms with Crippen LogP contribution in [0, 0.1) is 0 Å². The first kappa shape index (κ1) is 13.8. The number of carboxylic acid groups (broad SMARTS) is 1. The molecule has 0 amide bonds. The van der Waals surface area contributed by atoms with Crippen LogP contribution < -0.4 is 17.0 Å². The molecular weight excluding hydrogens is 242 g/mol. The monoisotopic (exact) mass is 255 g/mol. The van der Waals surface area contributed by atoms with Gasteiger partial charge in [0.15, 0.2) is 5.78 Å². The fraction of sp³-hybridized carbons (Fsp3) is 0.400. The topological polar surface area (TPSA) is 146 Å². The van der Waals surface area contributed by atoms with Crippen LogP contribution in [0.4, 0.5) is 0 Å². The van der Waals surface area contributed by atoms with E-state index in [9.17, 15) is 19.2 Å². The number of hydrogen-bond acceptors (Lipinski definition) is 5. The van der Waals surface area contributed by atoms with Gasteiger partial charge in [-0.1, -0.05) is 0 Å². The van der Waals surface area contributed by atoms with Crippen molar-refractivity contribution in [3.63, 3.8) is 0 Å². The molecule has 0 spiro atoms. The van der Waals surface area contributed by atoms with Crippen molar-refractivity contribution in [2.75, 3.05) is 0 Å². The number of carboxylic acids is 1. The highest BCUT2D eigenvalue weighted by atomic mass is 16.4. The van der Waals surface area contributed by atoms with E-state index in [1.165, 1.54) is 0 Å². The van der Waals surface area contributed by atoms with Gasteiger partial charge in [-0.3, -0.25) is 19.4 Å². The SMILES string of the molecule is N[C@@H](CCC(=O)O)C(=O)Cc1c[nH]c(=O)[nH]c1=O. The molecule has 0 radical (unpaired) electrons. The zero-order valence-corrected chi connectivity index (χ0v) is 9.43. The lowest BCUT2D eigenvalue weighted by Crippen LogP contribution is -2.34. The fourth-order valence-electron chi connectivity index (χ4n) is 1.33. The third-order valence-electron chi connectivity index (χ3n) is 2.34. The summed E-state index contributed by atoms with van der Waals surface area (Å²) < 4.78 is 0. The Balaban J connectivity index is 2.66. The number of hydrogen-bond donors (Lipinski definition) is 4. The second-order valence-corrected chi connectivity index (χ2v) is 3.78. The molecule has 0 aliphatic carbocycles. The molecule has 8 heteroatoms. The number of ketones is 1. The molecule has 0 unspecified atom stereocenters. The van der Waals surface area contributed by atoms with Crippen LogP contribution in [0.2, 0.25) is 0 Å².